The molecule has 0 saturated heterocycles. The van der Waals surface area contributed by atoms with E-state index in [1.165, 1.54) is 17.0 Å². The summed E-state index contributed by atoms with van der Waals surface area (Å²) >= 11 is 1.67. The van der Waals surface area contributed by atoms with Gasteiger partial charge in [-0.2, -0.15) is 0 Å². The number of carbonyl (C=O) groups excluding carboxylic acids is 2. The Balaban J connectivity index is 1.50. The predicted octanol–water partition coefficient (Wildman–Crippen LogP) is 4.55. The Morgan fingerprint density at radius 2 is 1.97 bits per heavy atom. The lowest BCUT2D eigenvalue weighted by atomic mass is 10.0. The second-order valence-corrected chi connectivity index (χ2v) is 8.61. The maximum Gasteiger partial charge on any atom is 0.254 e. The summed E-state index contributed by atoms with van der Waals surface area (Å²) in [7, 11) is 0. The highest BCUT2D eigenvalue weighted by molar-refractivity contribution is 7.10. The summed E-state index contributed by atoms with van der Waals surface area (Å²) in [5.74, 6) is -0.231. The fraction of sp³-hybridized carbons (Fsp3) is 0.280. The molecule has 0 spiro atoms. The minimum Gasteiger partial charge on any atom is -0.491 e. The smallest absolute Gasteiger partial charge is 0.254 e. The second-order valence-electron chi connectivity index (χ2n) is 7.61. The quantitative estimate of drug-likeness (QED) is 0.528. The van der Waals surface area contributed by atoms with E-state index in [2.05, 4.69) is 0 Å². The van der Waals surface area contributed by atoms with E-state index >= 15 is 0 Å². The molecule has 32 heavy (non-hydrogen) atoms. The van der Waals surface area contributed by atoms with Gasteiger partial charge in [-0.3, -0.25) is 9.59 Å². The van der Waals surface area contributed by atoms with Crippen molar-refractivity contribution in [2.24, 2.45) is 0 Å². The van der Waals surface area contributed by atoms with Crippen LogP contribution in [-0.4, -0.2) is 47.9 Å². The first kappa shape index (κ1) is 22.0. The van der Waals surface area contributed by atoms with E-state index in [4.69, 9.17) is 4.74 Å². The van der Waals surface area contributed by atoms with Crippen molar-refractivity contribution in [2.75, 3.05) is 26.2 Å². The Bertz CT molecular complexity index is 1090. The fourth-order valence-corrected chi connectivity index (χ4v) is 4.88. The Morgan fingerprint density at radius 3 is 2.72 bits per heavy atom. The number of hydrogen-bond acceptors (Lipinski definition) is 4. The topological polar surface area (TPSA) is 49.9 Å². The van der Waals surface area contributed by atoms with Crippen molar-refractivity contribution in [3.8, 4) is 5.75 Å². The minimum atomic E-state index is -0.367. The van der Waals surface area contributed by atoms with E-state index in [9.17, 15) is 14.0 Å². The van der Waals surface area contributed by atoms with Crippen molar-refractivity contribution < 1.29 is 18.7 Å². The van der Waals surface area contributed by atoms with Crippen LogP contribution in [0.15, 0.2) is 66.0 Å². The van der Waals surface area contributed by atoms with E-state index in [1.807, 2.05) is 36.6 Å². The Morgan fingerprint density at radius 1 is 1.16 bits per heavy atom. The molecule has 0 saturated carbocycles. The normalized spacial score (nSPS) is 15.2. The second kappa shape index (κ2) is 9.96. The molecule has 7 heteroatoms. The van der Waals surface area contributed by atoms with E-state index < -0.39 is 0 Å². The van der Waals surface area contributed by atoms with E-state index in [-0.39, 0.29) is 36.8 Å². The van der Waals surface area contributed by atoms with Crippen molar-refractivity contribution >= 4 is 23.2 Å². The van der Waals surface area contributed by atoms with Gasteiger partial charge in [0.15, 0.2) is 0 Å². The van der Waals surface area contributed by atoms with Crippen LogP contribution in [0.2, 0.25) is 0 Å². The molecule has 1 atom stereocenters. The van der Waals surface area contributed by atoms with Crippen LogP contribution >= 0.6 is 11.3 Å². The molecule has 4 rings (SSSR count). The number of fused-ring (bicyclic) bond motifs is 1. The summed E-state index contributed by atoms with van der Waals surface area (Å²) in [5.41, 5.74) is 1.62. The molecule has 0 bridgehead atoms. The summed E-state index contributed by atoms with van der Waals surface area (Å²) in [6, 6.07) is 16.7. The van der Waals surface area contributed by atoms with Gasteiger partial charge in [-0.25, -0.2) is 4.39 Å². The first-order chi connectivity index (χ1) is 15.6. The fourth-order valence-electron chi connectivity index (χ4n) is 3.95. The third-order valence-corrected chi connectivity index (χ3v) is 6.63. The third-order valence-electron chi connectivity index (χ3n) is 5.63. The average Bonchev–Trinajstić information content (AvgIpc) is 3.30. The first-order valence-electron chi connectivity index (χ1n) is 10.6. The summed E-state index contributed by atoms with van der Waals surface area (Å²) in [5, 5.41) is 2.02. The summed E-state index contributed by atoms with van der Waals surface area (Å²) < 4.78 is 19.4. The average molecular weight is 453 g/mol. The molecule has 5 nitrogen and oxygen atoms in total. The lowest BCUT2D eigenvalue weighted by Gasteiger charge is -2.37. The molecule has 2 amide bonds. The van der Waals surface area contributed by atoms with E-state index in [1.54, 1.807) is 45.4 Å². The highest BCUT2D eigenvalue weighted by atomic mass is 32.1. The van der Waals surface area contributed by atoms with Gasteiger partial charge in [-0.1, -0.05) is 24.3 Å². The largest absolute Gasteiger partial charge is 0.491 e. The molecule has 3 aromatic rings. The summed E-state index contributed by atoms with van der Waals surface area (Å²) in [4.78, 5) is 30.8. The maximum atomic E-state index is 13.5. The van der Waals surface area contributed by atoms with Gasteiger partial charge in [-0.15, -0.1) is 11.3 Å². The molecule has 0 aliphatic carbocycles. The number of hydrogen-bond donors (Lipinski definition) is 0. The van der Waals surface area contributed by atoms with E-state index in [0.29, 0.717) is 24.4 Å². The Hall–Kier alpha value is -3.19. The molecular formula is C25H25FN2O3S. The highest BCUT2D eigenvalue weighted by Crippen LogP contribution is 2.34. The van der Waals surface area contributed by atoms with Crippen LogP contribution in [0.5, 0.6) is 5.75 Å². The zero-order valence-electron chi connectivity index (χ0n) is 17.9. The van der Waals surface area contributed by atoms with Gasteiger partial charge in [0.1, 0.15) is 24.7 Å². The van der Waals surface area contributed by atoms with Crippen LogP contribution in [0.25, 0.3) is 0 Å². The predicted molar refractivity (Wildman–Crippen MR) is 122 cm³/mol. The standard InChI is InChI=1S/C25H25FN2O3S/c1-2-27(25(30)18-7-4-3-5-8-18)16-24(29)28-13-11-23-21(12-14-32-23)22(28)17-31-20-10-6-9-19(26)15-20/h3-10,12,14-15,22H,2,11,13,16-17H2,1H3. The van der Waals surface area contributed by atoms with Gasteiger partial charge in [0.25, 0.3) is 5.91 Å². The number of rotatable bonds is 7. The molecule has 2 aromatic carbocycles. The molecule has 0 N–H and O–H groups in total. The molecular weight excluding hydrogens is 427 g/mol. The third kappa shape index (κ3) is 4.83. The van der Waals surface area contributed by atoms with Gasteiger partial charge in [0.2, 0.25) is 5.91 Å². The van der Waals surface area contributed by atoms with Crippen LogP contribution in [0.1, 0.15) is 33.8 Å². The molecule has 2 heterocycles. The van der Waals surface area contributed by atoms with Gasteiger partial charge >= 0.3 is 0 Å². The highest BCUT2D eigenvalue weighted by Gasteiger charge is 2.33. The molecule has 166 valence electrons. The first-order valence-corrected chi connectivity index (χ1v) is 11.5. The number of thiophene rings is 1. The number of benzene rings is 2. The number of likely N-dealkylation sites (N-methyl/N-ethyl adjacent to an activating group) is 1. The number of ether oxygens (including phenoxy) is 1. The lowest BCUT2D eigenvalue weighted by molar-refractivity contribution is -0.135. The zero-order valence-corrected chi connectivity index (χ0v) is 18.7. The molecule has 1 unspecified atom stereocenters. The molecule has 0 radical (unpaired) electrons. The molecule has 1 aromatic heterocycles. The van der Waals surface area contributed by atoms with Crippen molar-refractivity contribution in [2.45, 2.75) is 19.4 Å². The summed E-state index contributed by atoms with van der Waals surface area (Å²) in [6.45, 7) is 3.08. The molecule has 1 aliphatic heterocycles. The van der Waals surface area contributed by atoms with Gasteiger partial charge in [-0.05, 0) is 54.6 Å². The van der Waals surface area contributed by atoms with Crippen LogP contribution in [0.3, 0.4) is 0 Å². The summed E-state index contributed by atoms with van der Waals surface area (Å²) in [6.07, 6.45) is 0.772. The lowest BCUT2D eigenvalue weighted by Crippen LogP contribution is -2.47. The van der Waals surface area contributed by atoms with Crippen LogP contribution in [0, 0.1) is 5.82 Å². The van der Waals surface area contributed by atoms with Crippen molar-refractivity contribution in [3.05, 3.63) is 87.9 Å². The number of carbonyl (C=O) groups is 2. The minimum absolute atomic E-state index is 0.000162. The van der Waals surface area contributed by atoms with Crippen molar-refractivity contribution in [3.63, 3.8) is 0 Å². The maximum absolute atomic E-state index is 13.5. The number of halogens is 1. The van der Waals surface area contributed by atoms with Gasteiger partial charge in [0.05, 0.1) is 6.04 Å². The zero-order chi connectivity index (χ0) is 22.5. The van der Waals surface area contributed by atoms with Crippen LogP contribution in [0.4, 0.5) is 4.39 Å². The number of amides is 2. The van der Waals surface area contributed by atoms with E-state index in [0.717, 1.165) is 12.0 Å². The molecule has 0 fully saturated rings. The van der Waals surface area contributed by atoms with Crippen molar-refractivity contribution in [1.29, 1.82) is 0 Å². The van der Waals surface area contributed by atoms with Crippen LogP contribution in [-0.2, 0) is 11.2 Å². The van der Waals surface area contributed by atoms with Gasteiger partial charge < -0.3 is 14.5 Å². The van der Waals surface area contributed by atoms with Gasteiger partial charge in [0, 0.05) is 29.6 Å². The Labute approximate surface area is 191 Å². The molecule has 1 aliphatic rings. The van der Waals surface area contributed by atoms with Crippen LogP contribution < -0.4 is 4.74 Å². The monoisotopic (exact) mass is 452 g/mol. The SMILES string of the molecule is CCN(CC(=O)N1CCc2sccc2C1COc1cccc(F)c1)C(=O)c1ccccc1. The Kier molecular flexibility index (Phi) is 6.85. The van der Waals surface area contributed by atoms with Crippen molar-refractivity contribution in [1.82, 2.24) is 9.80 Å². The number of nitrogens with zero attached hydrogens (tertiary/aromatic N) is 2.